The number of ether oxygens (including phenoxy) is 1. The third kappa shape index (κ3) is 4.10. The molecule has 0 aliphatic carbocycles. The first kappa shape index (κ1) is 15.1. The molecule has 2 nitrogen and oxygen atoms in total. The van der Waals surface area contributed by atoms with Crippen LogP contribution in [0.5, 0.6) is 5.75 Å². The topological polar surface area (TPSA) is 29.5 Å². The molecular formula is C15H13Cl2FO2. The van der Waals surface area contributed by atoms with Gasteiger partial charge in [-0.2, -0.15) is 0 Å². The number of aliphatic hydroxyl groups is 1. The minimum absolute atomic E-state index is 0.0364. The van der Waals surface area contributed by atoms with Gasteiger partial charge in [-0.05, 0) is 29.8 Å². The predicted octanol–water partition coefficient (Wildman–Crippen LogP) is 4.11. The normalized spacial score (nSPS) is 12.2. The summed E-state index contributed by atoms with van der Waals surface area (Å²) in [6, 6.07) is 11.4. The van der Waals surface area contributed by atoms with E-state index < -0.39 is 11.9 Å². The minimum Gasteiger partial charge on any atom is -0.491 e. The van der Waals surface area contributed by atoms with E-state index in [0.29, 0.717) is 16.3 Å². The van der Waals surface area contributed by atoms with Crippen molar-refractivity contribution in [2.75, 3.05) is 6.61 Å². The number of halogens is 3. The molecule has 20 heavy (non-hydrogen) atoms. The van der Waals surface area contributed by atoms with Gasteiger partial charge in [0.25, 0.3) is 0 Å². The van der Waals surface area contributed by atoms with E-state index in [9.17, 15) is 9.50 Å². The molecule has 1 N–H and O–H groups in total. The molecule has 0 aromatic heterocycles. The van der Waals surface area contributed by atoms with Crippen LogP contribution in [0.2, 0.25) is 10.0 Å². The van der Waals surface area contributed by atoms with Crippen molar-refractivity contribution in [3.8, 4) is 5.75 Å². The summed E-state index contributed by atoms with van der Waals surface area (Å²) in [5.41, 5.74) is 0.550. The lowest BCUT2D eigenvalue weighted by Gasteiger charge is -2.13. The molecule has 5 heteroatoms. The first-order chi connectivity index (χ1) is 9.56. The number of hydrogen-bond donors (Lipinski definition) is 1. The predicted molar refractivity (Wildman–Crippen MR) is 78.1 cm³/mol. The van der Waals surface area contributed by atoms with Crippen molar-refractivity contribution in [2.45, 2.75) is 12.5 Å². The van der Waals surface area contributed by atoms with Crippen LogP contribution < -0.4 is 4.74 Å². The maximum Gasteiger partial charge on any atom is 0.142 e. The van der Waals surface area contributed by atoms with E-state index in [4.69, 9.17) is 27.9 Å². The molecule has 2 aromatic rings. The Kier molecular flexibility index (Phi) is 5.24. The van der Waals surface area contributed by atoms with Crippen molar-refractivity contribution in [2.24, 2.45) is 0 Å². The lowest BCUT2D eigenvalue weighted by molar-refractivity contribution is 0.107. The highest BCUT2D eigenvalue weighted by molar-refractivity contribution is 6.31. The van der Waals surface area contributed by atoms with E-state index in [2.05, 4.69) is 0 Å². The smallest absolute Gasteiger partial charge is 0.142 e. The van der Waals surface area contributed by atoms with Gasteiger partial charge < -0.3 is 9.84 Å². The molecule has 0 fully saturated rings. The lowest BCUT2D eigenvalue weighted by atomic mass is 10.1. The molecule has 2 aromatic carbocycles. The fourth-order valence-corrected chi connectivity index (χ4v) is 2.15. The van der Waals surface area contributed by atoms with Gasteiger partial charge in [-0.25, -0.2) is 4.39 Å². The van der Waals surface area contributed by atoms with Crippen molar-refractivity contribution in [1.29, 1.82) is 0 Å². The second-order valence-corrected chi connectivity index (χ2v) is 5.15. The van der Waals surface area contributed by atoms with Crippen LogP contribution in [0.1, 0.15) is 5.56 Å². The van der Waals surface area contributed by atoms with Crippen LogP contribution in [-0.4, -0.2) is 17.8 Å². The van der Waals surface area contributed by atoms with Gasteiger partial charge in [-0.15, -0.1) is 0 Å². The van der Waals surface area contributed by atoms with Crippen molar-refractivity contribution >= 4 is 23.2 Å². The fraction of sp³-hybridized carbons (Fsp3) is 0.200. The highest BCUT2D eigenvalue weighted by Crippen LogP contribution is 2.22. The Morgan fingerprint density at radius 1 is 1.15 bits per heavy atom. The SMILES string of the molecule is OC(COc1cccc(Cl)c1)Cc1cccc(F)c1Cl. The average molecular weight is 315 g/mol. The van der Waals surface area contributed by atoms with E-state index in [-0.39, 0.29) is 18.1 Å². The van der Waals surface area contributed by atoms with Crippen LogP contribution in [0.4, 0.5) is 4.39 Å². The monoisotopic (exact) mass is 314 g/mol. The van der Waals surface area contributed by atoms with Crippen LogP contribution in [0.3, 0.4) is 0 Å². The van der Waals surface area contributed by atoms with Crippen molar-refractivity contribution in [3.63, 3.8) is 0 Å². The van der Waals surface area contributed by atoms with Gasteiger partial charge in [0.2, 0.25) is 0 Å². The molecule has 0 amide bonds. The Balaban J connectivity index is 1.92. The minimum atomic E-state index is -0.784. The Morgan fingerprint density at radius 2 is 1.90 bits per heavy atom. The summed E-state index contributed by atoms with van der Waals surface area (Å²) in [5.74, 6) is 0.0778. The summed E-state index contributed by atoms with van der Waals surface area (Å²) in [7, 11) is 0. The van der Waals surface area contributed by atoms with Gasteiger partial charge in [0, 0.05) is 11.4 Å². The third-order valence-corrected chi connectivity index (χ3v) is 3.38. The molecule has 1 unspecified atom stereocenters. The highest BCUT2D eigenvalue weighted by Gasteiger charge is 2.12. The summed E-state index contributed by atoms with van der Waals surface area (Å²) in [6.45, 7) is 0.0766. The van der Waals surface area contributed by atoms with Crippen molar-refractivity contribution < 1.29 is 14.2 Å². The second-order valence-electron chi connectivity index (χ2n) is 4.34. The zero-order chi connectivity index (χ0) is 14.5. The van der Waals surface area contributed by atoms with Gasteiger partial charge >= 0.3 is 0 Å². The molecule has 0 saturated carbocycles. The second kappa shape index (κ2) is 6.93. The van der Waals surface area contributed by atoms with Crippen LogP contribution in [0, 0.1) is 5.82 Å². The van der Waals surface area contributed by atoms with Gasteiger partial charge in [0.05, 0.1) is 11.1 Å². The van der Waals surface area contributed by atoms with E-state index in [0.717, 1.165) is 0 Å². The summed E-state index contributed by atoms with van der Waals surface area (Å²) < 4.78 is 18.7. The summed E-state index contributed by atoms with van der Waals surface area (Å²) in [5, 5.41) is 10.5. The quantitative estimate of drug-likeness (QED) is 0.899. The van der Waals surface area contributed by atoms with Gasteiger partial charge in [-0.1, -0.05) is 41.4 Å². The van der Waals surface area contributed by atoms with Crippen LogP contribution in [-0.2, 0) is 6.42 Å². The Hall–Kier alpha value is -1.29. The first-order valence-corrected chi connectivity index (χ1v) is 6.81. The van der Waals surface area contributed by atoms with Gasteiger partial charge in [0.1, 0.15) is 18.2 Å². The molecular weight excluding hydrogens is 302 g/mol. The Labute approximate surface area is 126 Å². The highest BCUT2D eigenvalue weighted by atomic mass is 35.5. The molecule has 0 bridgehead atoms. The van der Waals surface area contributed by atoms with Crippen LogP contribution in [0.15, 0.2) is 42.5 Å². The molecule has 0 radical (unpaired) electrons. The number of hydrogen-bond acceptors (Lipinski definition) is 2. The molecule has 106 valence electrons. The third-order valence-electron chi connectivity index (χ3n) is 2.73. The Morgan fingerprint density at radius 3 is 2.65 bits per heavy atom. The average Bonchev–Trinajstić information content (AvgIpc) is 2.42. The Bertz CT molecular complexity index is 590. The number of benzene rings is 2. The standard InChI is InChI=1S/C15H13Cl2FO2/c16-11-4-2-5-13(8-11)20-9-12(19)7-10-3-1-6-14(18)15(10)17/h1-6,8,12,19H,7,9H2. The molecule has 2 rings (SSSR count). The van der Waals surface area contributed by atoms with Crippen LogP contribution >= 0.6 is 23.2 Å². The van der Waals surface area contributed by atoms with E-state index in [1.54, 1.807) is 36.4 Å². The summed E-state index contributed by atoms with van der Waals surface area (Å²) >= 11 is 11.7. The number of aliphatic hydroxyl groups excluding tert-OH is 1. The summed E-state index contributed by atoms with van der Waals surface area (Å²) in [4.78, 5) is 0. The maximum absolute atomic E-state index is 13.3. The molecule has 0 spiro atoms. The number of rotatable bonds is 5. The molecule has 0 saturated heterocycles. The van der Waals surface area contributed by atoms with Crippen molar-refractivity contribution in [1.82, 2.24) is 0 Å². The van der Waals surface area contributed by atoms with Gasteiger partial charge in [0.15, 0.2) is 0 Å². The summed E-state index contributed by atoms with van der Waals surface area (Å²) in [6.07, 6.45) is -0.565. The molecule has 0 aliphatic heterocycles. The zero-order valence-electron chi connectivity index (χ0n) is 10.5. The van der Waals surface area contributed by atoms with E-state index >= 15 is 0 Å². The zero-order valence-corrected chi connectivity index (χ0v) is 12.0. The van der Waals surface area contributed by atoms with Crippen molar-refractivity contribution in [3.05, 3.63) is 63.9 Å². The van der Waals surface area contributed by atoms with Crippen LogP contribution in [0.25, 0.3) is 0 Å². The van der Waals surface area contributed by atoms with Gasteiger partial charge in [-0.3, -0.25) is 0 Å². The lowest BCUT2D eigenvalue weighted by Crippen LogP contribution is -2.20. The maximum atomic E-state index is 13.3. The largest absolute Gasteiger partial charge is 0.491 e. The molecule has 0 heterocycles. The fourth-order valence-electron chi connectivity index (χ4n) is 1.77. The van der Waals surface area contributed by atoms with E-state index in [1.165, 1.54) is 6.07 Å². The molecule has 1 atom stereocenters. The molecule has 0 aliphatic rings. The first-order valence-electron chi connectivity index (χ1n) is 6.05. The van der Waals surface area contributed by atoms with E-state index in [1.807, 2.05) is 0 Å².